The molecule has 0 saturated heterocycles. The molecular formula is C16H25N3O2. The molecule has 0 fully saturated rings. The van der Waals surface area contributed by atoms with Gasteiger partial charge >= 0.3 is 0 Å². The molecule has 1 unspecified atom stereocenters. The highest BCUT2D eigenvalue weighted by Gasteiger charge is 2.08. The zero-order valence-corrected chi connectivity index (χ0v) is 13.3. The summed E-state index contributed by atoms with van der Waals surface area (Å²) < 4.78 is 0. The summed E-state index contributed by atoms with van der Waals surface area (Å²) in [5.41, 5.74) is 1.64. The third-order valence-electron chi connectivity index (χ3n) is 3.30. The van der Waals surface area contributed by atoms with Gasteiger partial charge in [0, 0.05) is 44.4 Å². The molecule has 0 spiro atoms. The second kappa shape index (κ2) is 8.29. The van der Waals surface area contributed by atoms with Crippen molar-refractivity contribution < 1.29 is 9.59 Å². The van der Waals surface area contributed by atoms with Crippen LogP contribution in [0.1, 0.15) is 37.0 Å². The highest BCUT2D eigenvalue weighted by Crippen LogP contribution is 2.11. The molecule has 5 nitrogen and oxygen atoms in total. The second-order valence-electron chi connectivity index (χ2n) is 5.32. The van der Waals surface area contributed by atoms with E-state index in [9.17, 15) is 9.59 Å². The van der Waals surface area contributed by atoms with Crippen molar-refractivity contribution in [3.05, 3.63) is 29.8 Å². The molecule has 0 aromatic heterocycles. The van der Waals surface area contributed by atoms with Crippen molar-refractivity contribution in [2.24, 2.45) is 0 Å². The van der Waals surface area contributed by atoms with Crippen LogP contribution in [-0.2, 0) is 4.79 Å². The first kappa shape index (κ1) is 17.0. The zero-order valence-electron chi connectivity index (χ0n) is 13.3. The van der Waals surface area contributed by atoms with Crippen LogP contribution in [0.5, 0.6) is 0 Å². The number of anilines is 1. The Bertz CT molecular complexity index is 469. The Hall–Kier alpha value is -2.04. The van der Waals surface area contributed by atoms with Crippen LogP contribution in [0.3, 0.4) is 0 Å². The van der Waals surface area contributed by atoms with Gasteiger partial charge in [-0.05, 0) is 37.6 Å². The summed E-state index contributed by atoms with van der Waals surface area (Å²) in [7, 11) is 3.90. The van der Waals surface area contributed by atoms with Gasteiger partial charge in [0.15, 0.2) is 0 Å². The molecule has 1 atom stereocenters. The zero-order chi connectivity index (χ0) is 15.8. The molecular weight excluding hydrogens is 266 g/mol. The number of nitrogens with zero attached hydrogens (tertiary/aromatic N) is 1. The maximum atomic E-state index is 11.9. The maximum Gasteiger partial charge on any atom is 0.251 e. The molecule has 0 saturated carbocycles. The van der Waals surface area contributed by atoms with E-state index in [1.54, 1.807) is 12.1 Å². The highest BCUT2D eigenvalue weighted by molar-refractivity contribution is 5.94. The SMILES string of the molecule is CCC(C)NC(=O)CCNC(=O)c1ccc(N(C)C)cc1. The van der Waals surface area contributed by atoms with Gasteiger partial charge in [0.2, 0.25) is 5.91 Å². The van der Waals surface area contributed by atoms with E-state index in [0.29, 0.717) is 18.5 Å². The third kappa shape index (κ3) is 5.85. The molecule has 1 rings (SSSR count). The monoisotopic (exact) mass is 291 g/mol. The van der Waals surface area contributed by atoms with Crippen LogP contribution in [0.15, 0.2) is 24.3 Å². The number of carbonyl (C=O) groups is 2. The summed E-state index contributed by atoms with van der Waals surface area (Å²) in [6.45, 7) is 4.32. The second-order valence-corrected chi connectivity index (χ2v) is 5.32. The molecule has 0 aliphatic carbocycles. The first-order valence-electron chi connectivity index (χ1n) is 7.29. The van der Waals surface area contributed by atoms with Gasteiger partial charge in [-0.2, -0.15) is 0 Å². The molecule has 0 bridgehead atoms. The maximum absolute atomic E-state index is 11.9. The quantitative estimate of drug-likeness (QED) is 0.805. The van der Waals surface area contributed by atoms with Crippen LogP contribution in [0.4, 0.5) is 5.69 Å². The van der Waals surface area contributed by atoms with Crippen LogP contribution in [0.2, 0.25) is 0 Å². The number of hydrogen-bond donors (Lipinski definition) is 2. The first-order chi connectivity index (χ1) is 9.93. The fourth-order valence-electron chi connectivity index (χ4n) is 1.75. The predicted molar refractivity (Wildman–Crippen MR) is 85.6 cm³/mol. The van der Waals surface area contributed by atoms with Gasteiger partial charge in [-0.3, -0.25) is 9.59 Å². The van der Waals surface area contributed by atoms with Gasteiger partial charge in [-0.25, -0.2) is 0 Å². The van der Waals surface area contributed by atoms with Crippen molar-refractivity contribution in [1.82, 2.24) is 10.6 Å². The first-order valence-corrected chi connectivity index (χ1v) is 7.29. The summed E-state index contributed by atoms with van der Waals surface area (Å²) in [6, 6.07) is 7.52. The van der Waals surface area contributed by atoms with E-state index in [2.05, 4.69) is 10.6 Å². The number of rotatable bonds is 7. The number of amides is 2. The summed E-state index contributed by atoms with van der Waals surface area (Å²) in [4.78, 5) is 25.5. The third-order valence-corrected chi connectivity index (χ3v) is 3.30. The molecule has 0 radical (unpaired) electrons. The largest absolute Gasteiger partial charge is 0.378 e. The van der Waals surface area contributed by atoms with Crippen molar-refractivity contribution in [2.75, 3.05) is 25.5 Å². The van der Waals surface area contributed by atoms with Crippen LogP contribution in [0, 0.1) is 0 Å². The molecule has 116 valence electrons. The number of hydrogen-bond acceptors (Lipinski definition) is 3. The van der Waals surface area contributed by atoms with Crippen LogP contribution < -0.4 is 15.5 Å². The van der Waals surface area contributed by atoms with E-state index in [4.69, 9.17) is 0 Å². The average molecular weight is 291 g/mol. The Labute approximate surface area is 126 Å². The Kier molecular flexibility index (Phi) is 6.72. The summed E-state index contributed by atoms with van der Waals surface area (Å²) >= 11 is 0. The lowest BCUT2D eigenvalue weighted by Crippen LogP contribution is -2.35. The minimum Gasteiger partial charge on any atom is -0.378 e. The fraction of sp³-hybridized carbons (Fsp3) is 0.500. The van der Waals surface area contributed by atoms with Crippen molar-refractivity contribution in [2.45, 2.75) is 32.7 Å². The molecule has 5 heteroatoms. The normalized spacial score (nSPS) is 11.6. The van der Waals surface area contributed by atoms with E-state index < -0.39 is 0 Å². The van der Waals surface area contributed by atoms with Gasteiger partial charge < -0.3 is 15.5 Å². The topological polar surface area (TPSA) is 61.4 Å². The molecule has 1 aromatic rings. The van der Waals surface area contributed by atoms with E-state index in [-0.39, 0.29) is 17.9 Å². The van der Waals surface area contributed by atoms with Crippen molar-refractivity contribution in [1.29, 1.82) is 0 Å². The predicted octanol–water partition coefficient (Wildman–Crippen LogP) is 1.79. The Balaban J connectivity index is 2.38. The van der Waals surface area contributed by atoms with Crippen LogP contribution in [0.25, 0.3) is 0 Å². The fourth-order valence-corrected chi connectivity index (χ4v) is 1.75. The number of carbonyl (C=O) groups excluding carboxylic acids is 2. The molecule has 1 aromatic carbocycles. The summed E-state index contributed by atoms with van der Waals surface area (Å²) in [6.07, 6.45) is 1.20. The van der Waals surface area contributed by atoms with E-state index in [0.717, 1.165) is 12.1 Å². The summed E-state index contributed by atoms with van der Waals surface area (Å²) in [5.74, 6) is -0.191. The standard InChI is InChI=1S/C16H25N3O2/c1-5-12(2)18-15(20)10-11-17-16(21)13-6-8-14(9-7-13)19(3)4/h6-9,12H,5,10-11H2,1-4H3,(H,17,21)(H,18,20). The van der Waals surface area contributed by atoms with Gasteiger partial charge in [0.1, 0.15) is 0 Å². The van der Waals surface area contributed by atoms with Gasteiger partial charge in [0.05, 0.1) is 0 Å². The Morgan fingerprint density at radius 2 is 1.81 bits per heavy atom. The van der Waals surface area contributed by atoms with Crippen molar-refractivity contribution in [3.63, 3.8) is 0 Å². The Morgan fingerprint density at radius 3 is 2.33 bits per heavy atom. The van der Waals surface area contributed by atoms with Crippen LogP contribution in [-0.4, -0.2) is 38.5 Å². The lowest BCUT2D eigenvalue weighted by Gasteiger charge is -2.13. The number of benzene rings is 1. The Morgan fingerprint density at radius 1 is 1.19 bits per heavy atom. The van der Waals surface area contributed by atoms with Crippen LogP contribution >= 0.6 is 0 Å². The lowest BCUT2D eigenvalue weighted by atomic mass is 10.2. The van der Waals surface area contributed by atoms with E-state index in [1.165, 1.54) is 0 Å². The lowest BCUT2D eigenvalue weighted by molar-refractivity contribution is -0.121. The van der Waals surface area contributed by atoms with Gasteiger partial charge in [0.25, 0.3) is 5.91 Å². The number of nitrogens with one attached hydrogen (secondary N) is 2. The smallest absolute Gasteiger partial charge is 0.251 e. The highest BCUT2D eigenvalue weighted by atomic mass is 16.2. The van der Waals surface area contributed by atoms with Crippen molar-refractivity contribution in [3.8, 4) is 0 Å². The minimum atomic E-state index is -0.156. The van der Waals surface area contributed by atoms with Crippen molar-refractivity contribution >= 4 is 17.5 Å². The average Bonchev–Trinajstić information content (AvgIpc) is 2.46. The van der Waals surface area contributed by atoms with E-state index in [1.807, 2.05) is 45.0 Å². The molecule has 0 aliphatic rings. The minimum absolute atomic E-state index is 0.0346. The summed E-state index contributed by atoms with van der Waals surface area (Å²) in [5, 5.41) is 5.62. The molecule has 2 amide bonds. The molecule has 0 heterocycles. The van der Waals surface area contributed by atoms with E-state index >= 15 is 0 Å². The van der Waals surface area contributed by atoms with Gasteiger partial charge in [-0.15, -0.1) is 0 Å². The van der Waals surface area contributed by atoms with Gasteiger partial charge in [-0.1, -0.05) is 6.92 Å². The molecule has 2 N–H and O–H groups in total. The molecule has 21 heavy (non-hydrogen) atoms. The molecule has 0 aliphatic heterocycles.